The third-order valence-electron chi connectivity index (χ3n) is 2.64. The molecule has 0 atom stereocenters. The van der Waals surface area contributed by atoms with Gasteiger partial charge >= 0.3 is 0 Å². The number of rotatable bonds is 7. The average Bonchev–Trinajstić information content (AvgIpc) is 2.52. The molecule has 0 radical (unpaired) electrons. The molecule has 112 valence electrons. The maximum atomic E-state index is 5.60. The second kappa shape index (κ2) is 7.28. The second-order valence-corrected chi connectivity index (χ2v) is 4.52. The van der Waals surface area contributed by atoms with Crippen molar-refractivity contribution in [2.75, 3.05) is 49.8 Å². The minimum Gasteiger partial charge on any atom is -0.492 e. The molecular formula is C14H20N6O. The summed E-state index contributed by atoms with van der Waals surface area (Å²) in [5.74, 6) is 2.50. The Balaban J connectivity index is 1.89. The normalized spacial score (nSPS) is 10.0. The van der Waals surface area contributed by atoms with E-state index in [9.17, 15) is 0 Å². The van der Waals surface area contributed by atoms with E-state index in [-0.39, 0.29) is 0 Å². The highest BCUT2D eigenvalue weighted by Crippen LogP contribution is 2.11. The molecule has 1 aromatic carbocycles. The van der Waals surface area contributed by atoms with Crippen molar-refractivity contribution in [3.8, 4) is 5.75 Å². The van der Waals surface area contributed by atoms with Crippen molar-refractivity contribution in [3.05, 3.63) is 30.3 Å². The molecule has 0 aliphatic heterocycles. The Hall–Kier alpha value is -2.57. The molecule has 7 nitrogen and oxygen atoms in total. The Morgan fingerprint density at radius 2 is 1.76 bits per heavy atom. The van der Waals surface area contributed by atoms with Crippen LogP contribution in [0.5, 0.6) is 5.75 Å². The molecule has 1 aromatic heterocycles. The molecule has 0 saturated carbocycles. The Labute approximate surface area is 124 Å². The lowest BCUT2D eigenvalue weighted by Crippen LogP contribution is -2.18. The third kappa shape index (κ3) is 4.48. The molecule has 21 heavy (non-hydrogen) atoms. The maximum Gasteiger partial charge on any atom is 0.231 e. The van der Waals surface area contributed by atoms with Gasteiger partial charge in [0.25, 0.3) is 0 Å². The van der Waals surface area contributed by atoms with E-state index in [1.54, 1.807) is 7.05 Å². The Kier molecular flexibility index (Phi) is 5.14. The number of nitrogens with one attached hydrogen (secondary N) is 2. The van der Waals surface area contributed by atoms with Crippen LogP contribution in [0.1, 0.15) is 0 Å². The lowest BCUT2D eigenvalue weighted by Gasteiger charge is -2.13. The summed E-state index contributed by atoms with van der Waals surface area (Å²) < 4.78 is 5.60. The van der Waals surface area contributed by atoms with E-state index in [0.717, 1.165) is 5.75 Å². The summed E-state index contributed by atoms with van der Waals surface area (Å²) >= 11 is 0. The highest BCUT2D eigenvalue weighted by molar-refractivity contribution is 5.42. The molecule has 7 heteroatoms. The van der Waals surface area contributed by atoms with Gasteiger partial charge in [-0.15, -0.1) is 0 Å². The standard InChI is InChI=1S/C14H20N6O/c1-15-12-17-13(19-14(18-12)20(2)3)16-9-10-21-11-7-5-4-6-8-11/h4-8H,9-10H2,1-3H3,(H2,15,16,17,18,19). The average molecular weight is 288 g/mol. The van der Waals surface area contributed by atoms with Gasteiger partial charge in [-0.25, -0.2) is 0 Å². The van der Waals surface area contributed by atoms with Crippen LogP contribution in [0.2, 0.25) is 0 Å². The predicted molar refractivity (Wildman–Crippen MR) is 84.1 cm³/mol. The number of benzene rings is 1. The Bertz CT molecular complexity index is 561. The molecule has 0 bridgehead atoms. The van der Waals surface area contributed by atoms with Gasteiger partial charge in [0.05, 0.1) is 6.54 Å². The van der Waals surface area contributed by atoms with Crippen molar-refractivity contribution in [2.45, 2.75) is 0 Å². The van der Waals surface area contributed by atoms with Crippen LogP contribution in [-0.2, 0) is 0 Å². The predicted octanol–water partition coefficient (Wildman–Crippen LogP) is 1.47. The van der Waals surface area contributed by atoms with Gasteiger partial charge < -0.3 is 20.3 Å². The summed E-state index contributed by atoms with van der Waals surface area (Å²) in [6, 6.07) is 9.69. The maximum absolute atomic E-state index is 5.60. The van der Waals surface area contributed by atoms with E-state index >= 15 is 0 Å². The first-order valence-corrected chi connectivity index (χ1v) is 6.72. The number of hydrogen-bond donors (Lipinski definition) is 2. The third-order valence-corrected chi connectivity index (χ3v) is 2.64. The fraction of sp³-hybridized carbons (Fsp3) is 0.357. The van der Waals surface area contributed by atoms with Crippen molar-refractivity contribution < 1.29 is 4.74 Å². The van der Waals surface area contributed by atoms with Crippen LogP contribution in [0.4, 0.5) is 17.8 Å². The monoisotopic (exact) mass is 288 g/mol. The van der Waals surface area contributed by atoms with E-state index < -0.39 is 0 Å². The molecule has 0 saturated heterocycles. The van der Waals surface area contributed by atoms with E-state index in [0.29, 0.717) is 31.0 Å². The molecule has 0 aliphatic carbocycles. The van der Waals surface area contributed by atoms with Crippen LogP contribution in [-0.4, -0.2) is 49.2 Å². The molecule has 1 heterocycles. The van der Waals surface area contributed by atoms with E-state index in [1.807, 2.05) is 49.3 Å². The number of anilines is 3. The number of nitrogens with zero attached hydrogens (tertiary/aromatic N) is 4. The summed E-state index contributed by atoms with van der Waals surface area (Å²) in [5.41, 5.74) is 0. The van der Waals surface area contributed by atoms with Crippen LogP contribution in [0.3, 0.4) is 0 Å². The fourth-order valence-electron chi connectivity index (χ4n) is 1.60. The second-order valence-electron chi connectivity index (χ2n) is 4.52. The van der Waals surface area contributed by atoms with Gasteiger partial charge in [-0.3, -0.25) is 0 Å². The van der Waals surface area contributed by atoms with Crippen molar-refractivity contribution in [3.63, 3.8) is 0 Å². The fourth-order valence-corrected chi connectivity index (χ4v) is 1.60. The molecule has 2 aromatic rings. The molecule has 0 fully saturated rings. The lowest BCUT2D eigenvalue weighted by atomic mass is 10.3. The summed E-state index contributed by atoms with van der Waals surface area (Å²) in [6.45, 7) is 1.14. The first kappa shape index (κ1) is 14.8. The summed E-state index contributed by atoms with van der Waals surface area (Å²) in [7, 11) is 5.55. The van der Waals surface area contributed by atoms with Crippen molar-refractivity contribution in [1.82, 2.24) is 15.0 Å². The Morgan fingerprint density at radius 1 is 1.05 bits per heavy atom. The minimum absolute atomic E-state index is 0.523. The molecule has 0 unspecified atom stereocenters. The smallest absolute Gasteiger partial charge is 0.231 e. The molecule has 0 aliphatic rings. The molecular weight excluding hydrogens is 268 g/mol. The highest BCUT2D eigenvalue weighted by atomic mass is 16.5. The SMILES string of the molecule is CNc1nc(NCCOc2ccccc2)nc(N(C)C)n1. The van der Waals surface area contributed by atoms with Gasteiger partial charge in [0.15, 0.2) is 0 Å². The van der Waals surface area contributed by atoms with Crippen LogP contribution in [0.25, 0.3) is 0 Å². The van der Waals surface area contributed by atoms with Crippen molar-refractivity contribution in [2.24, 2.45) is 0 Å². The topological polar surface area (TPSA) is 75.2 Å². The van der Waals surface area contributed by atoms with Crippen molar-refractivity contribution in [1.29, 1.82) is 0 Å². The number of ether oxygens (including phenoxy) is 1. The van der Waals surface area contributed by atoms with Gasteiger partial charge in [0, 0.05) is 21.1 Å². The molecule has 2 rings (SSSR count). The molecule has 0 spiro atoms. The molecule has 2 N–H and O–H groups in total. The van der Waals surface area contributed by atoms with Crippen molar-refractivity contribution >= 4 is 17.8 Å². The number of aromatic nitrogens is 3. The van der Waals surface area contributed by atoms with Gasteiger partial charge in [-0.1, -0.05) is 18.2 Å². The largest absolute Gasteiger partial charge is 0.492 e. The summed E-state index contributed by atoms with van der Waals surface area (Å²) in [4.78, 5) is 14.7. The lowest BCUT2D eigenvalue weighted by molar-refractivity contribution is 0.332. The molecule has 0 amide bonds. The first-order valence-electron chi connectivity index (χ1n) is 6.72. The van der Waals surface area contributed by atoms with Gasteiger partial charge in [0.2, 0.25) is 17.8 Å². The van der Waals surface area contributed by atoms with E-state index in [2.05, 4.69) is 25.6 Å². The quantitative estimate of drug-likeness (QED) is 0.747. The number of hydrogen-bond acceptors (Lipinski definition) is 7. The van der Waals surface area contributed by atoms with Crippen LogP contribution in [0.15, 0.2) is 30.3 Å². The summed E-state index contributed by atoms with van der Waals surface area (Å²) in [5, 5.41) is 6.05. The zero-order chi connectivity index (χ0) is 15.1. The van der Waals surface area contributed by atoms with Crippen LogP contribution in [0, 0.1) is 0 Å². The highest BCUT2D eigenvalue weighted by Gasteiger charge is 2.06. The van der Waals surface area contributed by atoms with Gasteiger partial charge in [-0.05, 0) is 12.1 Å². The van der Waals surface area contributed by atoms with Gasteiger partial charge in [0.1, 0.15) is 12.4 Å². The zero-order valence-corrected chi connectivity index (χ0v) is 12.5. The number of para-hydroxylation sites is 1. The first-order chi connectivity index (χ1) is 10.2. The van der Waals surface area contributed by atoms with Crippen LogP contribution >= 0.6 is 0 Å². The van der Waals surface area contributed by atoms with E-state index in [4.69, 9.17) is 4.74 Å². The van der Waals surface area contributed by atoms with Gasteiger partial charge in [-0.2, -0.15) is 15.0 Å². The zero-order valence-electron chi connectivity index (χ0n) is 12.5. The minimum atomic E-state index is 0.523. The Morgan fingerprint density at radius 3 is 2.43 bits per heavy atom. The van der Waals surface area contributed by atoms with Crippen LogP contribution < -0.4 is 20.3 Å². The van der Waals surface area contributed by atoms with E-state index in [1.165, 1.54) is 0 Å². The summed E-state index contributed by atoms with van der Waals surface area (Å²) in [6.07, 6.45) is 0.